The highest BCUT2D eigenvalue weighted by atomic mass is 16.5. The molecule has 2 rings (SSSR count). The van der Waals surface area contributed by atoms with E-state index in [-0.39, 0.29) is 5.91 Å². The molecule has 0 bridgehead atoms. The molecule has 0 radical (unpaired) electrons. The molecule has 1 fully saturated rings. The fourth-order valence-electron chi connectivity index (χ4n) is 2.58. The van der Waals surface area contributed by atoms with Gasteiger partial charge in [0.1, 0.15) is 5.75 Å². The minimum atomic E-state index is 0.115. The van der Waals surface area contributed by atoms with E-state index in [1.165, 1.54) is 0 Å². The zero-order valence-electron chi connectivity index (χ0n) is 12.3. The van der Waals surface area contributed by atoms with E-state index in [1.54, 1.807) is 7.11 Å². The van der Waals surface area contributed by atoms with Gasteiger partial charge in [-0.05, 0) is 49.9 Å². The van der Waals surface area contributed by atoms with Gasteiger partial charge in [-0.3, -0.25) is 4.79 Å². The number of benzene rings is 1. The standard InChI is InChI=1S/C16H23NO3/c1-3-20-15-6-4-14(5-7-15)16(18)17-10-8-13(9-11-17)12-19-2/h4-7,13H,3,8-12H2,1-2H3. The average Bonchev–Trinajstić information content (AvgIpc) is 2.49. The lowest BCUT2D eigenvalue weighted by Crippen LogP contribution is -2.39. The van der Waals surface area contributed by atoms with Gasteiger partial charge < -0.3 is 14.4 Å². The molecule has 1 amide bonds. The van der Waals surface area contributed by atoms with Crippen LogP contribution >= 0.6 is 0 Å². The highest BCUT2D eigenvalue weighted by molar-refractivity contribution is 5.94. The van der Waals surface area contributed by atoms with Crippen molar-refractivity contribution in [2.24, 2.45) is 5.92 Å². The van der Waals surface area contributed by atoms with Gasteiger partial charge in [0.2, 0.25) is 0 Å². The Balaban J connectivity index is 1.91. The summed E-state index contributed by atoms with van der Waals surface area (Å²) in [5.41, 5.74) is 0.735. The lowest BCUT2D eigenvalue weighted by molar-refractivity contribution is 0.0613. The van der Waals surface area contributed by atoms with Crippen molar-refractivity contribution in [3.8, 4) is 5.75 Å². The molecule has 0 saturated carbocycles. The van der Waals surface area contributed by atoms with Gasteiger partial charge in [-0.2, -0.15) is 0 Å². The number of rotatable bonds is 5. The Bertz CT molecular complexity index is 422. The molecule has 1 heterocycles. The third kappa shape index (κ3) is 3.73. The van der Waals surface area contributed by atoms with Crippen molar-refractivity contribution < 1.29 is 14.3 Å². The minimum Gasteiger partial charge on any atom is -0.494 e. The summed E-state index contributed by atoms with van der Waals surface area (Å²) < 4.78 is 10.6. The largest absolute Gasteiger partial charge is 0.494 e. The van der Waals surface area contributed by atoms with E-state index in [2.05, 4.69) is 0 Å². The molecule has 1 aliphatic rings. The summed E-state index contributed by atoms with van der Waals surface area (Å²) in [6, 6.07) is 7.39. The smallest absolute Gasteiger partial charge is 0.253 e. The van der Waals surface area contributed by atoms with Gasteiger partial charge >= 0.3 is 0 Å². The van der Waals surface area contributed by atoms with Crippen molar-refractivity contribution in [1.29, 1.82) is 0 Å². The first kappa shape index (κ1) is 14.9. The number of carbonyl (C=O) groups excluding carboxylic acids is 1. The Morgan fingerprint density at radius 2 is 1.90 bits per heavy atom. The van der Waals surface area contributed by atoms with Crippen LogP contribution in [0.2, 0.25) is 0 Å². The number of hydrogen-bond donors (Lipinski definition) is 0. The summed E-state index contributed by atoms with van der Waals surface area (Å²) in [5, 5.41) is 0. The van der Waals surface area contributed by atoms with Crippen LogP contribution in [0.3, 0.4) is 0 Å². The number of amides is 1. The van der Waals surface area contributed by atoms with Crippen molar-refractivity contribution in [3.05, 3.63) is 29.8 Å². The van der Waals surface area contributed by atoms with Crippen molar-refractivity contribution in [2.75, 3.05) is 33.4 Å². The summed E-state index contributed by atoms with van der Waals surface area (Å²) in [4.78, 5) is 14.3. The zero-order valence-corrected chi connectivity index (χ0v) is 12.3. The lowest BCUT2D eigenvalue weighted by Gasteiger charge is -2.31. The molecule has 1 aromatic rings. The Kier molecular flexibility index (Phi) is 5.41. The zero-order chi connectivity index (χ0) is 14.4. The minimum absolute atomic E-state index is 0.115. The van der Waals surface area contributed by atoms with Gasteiger partial charge in [0.05, 0.1) is 6.61 Å². The van der Waals surface area contributed by atoms with E-state index >= 15 is 0 Å². The summed E-state index contributed by atoms with van der Waals surface area (Å²) in [5.74, 6) is 1.51. The molecule has 1 saturated heterocycles. The monoisotopic (exact) mass is 277 g/mol. The predicted molar refractivity (Wildman–Crippen MR) is 78.1 cm³/mol. The SMILES string of the molecule is CCOc1ccc(C(=O)N2CCC(COC)CC2)cc1. The van der Waals surface area contributed by atoms with Crippen LogP contribution < -0.4 is 4.74 Å². The third-order valence-electron chi connectivity index (χ3n) is 3.72. The molecular formula is C16H23NO3. The first-order chi connectivity index (χ1) is 9.74. The molecule has 4 nitrogen and oxygen atoms in total. The number of hydrogen-bond acceptors (Lipinski definition) is 3. The second-order valence-corrected chi connectivity index (χ2v) is 5.15. The van der Waals surface area contributed by atoms with Crippen LogP contribution in [0.25, 0.3) is 0 Å². The Morgan fingerprint density at radius 3 is 2.45 bits per heavy atom. The number of ether oxygens (including phenoxy) is 2. The second-order valence-electron chi connectivity index (χ2n) is 5.15. The molecule has 110 valence electrons. The van der Waals surface area contributed by atoms with Gasteiger partial charge in [0.25, 0.3) is 5.91 Å². The second kappa shape index (κ2) is 7.29. The fraction of sp³-hybridized carbons (Fsp3) is 0.562. The molecule has 20 heavy (non-hydrogen) atoms. The van der Waals surface area contributed by atoms with E-state index in [4.69, 9.17) is 9.47 Å². The Labute approximate surface area is 120 Å². The van der Waals surface area contributed by atoms with Crippen LogP contribution in [0.5, 0.6) is 5.75 Å². The maximum Gasteiger partial charge on any atom is 0.253 e. The van der Waals surface area contributed by atoms with Crippen LogP contribution in [0.15, 0.2) is 24.3 Å². The molecule has 1 aromatic carbocycles. The molecule has 1 aliphatic heterocycles. The number of piperidine rings is 1. The maximum atomic E-state index is 12.4. The predicted octanol–water partition coefficient (Wildman–Crippen LogP) is 2.58. The topological polar surface area (TPSA) is 38.8 Å². The molecule has 0 N–H and O–H groups in total. The first-order valence-electron chi connectivity index (χ1n) is 7.25. The molecule has 0 unspecified atom stereocenters. The first-order valence-corrected chi connectivity index (χ1v) is 7.25. The number of nitrogens with zero attached hydrogens (tertiary/aromatic N) is 1. The Hall–Kier alpha value is -1.55. The van der Waals surface area contributed by atoms with E-state index in [9.17, 15) is 4.79 Å². The van der Waals surface area contributed by atoms with E-state index in [0.29, 0.717) is 12.5 Å². The van der Waals surface area contributed by atoms with Crippen molar-refractivity contribution in [3.63, 3.8) is 0 Å². The highest BCUT2D eigenvalue weighted by Gasteiger charge is 2.23. The molecule has 0 spiro atoms. The van der Waals surface area contributed by atoms with Crippen LogP contribution in [0, 0.1) is 5.92 Å². The number of likely N-dealkylation sites (tertiary alicyclic amines) is 1. The van der Waals surface area contributed by atoms with Gasteiger partial charge in [-0.1, -0.05) is 0 Å². The Morgan fingerprint density at radius 1 is 1.25 bits per heavy atom. The lowest BCUT2D eigenvalue weighted by atomic mass is 9.97. The van der Waals surface area contributed by atoms with Gasteiger partial charge in [0.15, 0.2) is 0 Å². The van der Waals surface area contributed by atoms with Crippen LogP contribution in [0.4, 0.5) is 0 Å². The highest BCUT2D eigenvalue weighted by Crippen LogP contribution is 2.20. The van der Waals surface area contributed by atoms with Crippen molar-refractivity contribution in [2.45, 2.75) is 19.8 Å². The number of methoxy groups -OCH3 is 1. The van der Waals surface area contributed by atoms with Gasteiger partial charge in [-0.25, -0.2) is 0 Å². The van der Waals surface area contributed by atoms with E-state index in [1.807, 2.05) is 36.1 Å². The molecule has 0 atom stereocenters. The van der Waals surface area contributed by atoms with Crippen LogP contribution in [-0.4, -0.2) is 44.2 Å². The van der Waals surface area contributed by atoms with Crippen molar-refractivity contribution >= 4 is 5.91 Å². The summed E-state index contributed by atoms with van der Waals surface area (Å²) >= 11 is 0. The van der Waals surface area contributed by atoms with E-state index in [0.717, 1.165) is 43.9 Å². The van der Waals surface area contributed by atoms with Gasteiger partial charge in [-0.15, -0.1) is 0 Å². The quantitative estimate of drug-likeness (QED) is 0.830. The maximum absolute atomic E-state index is 12.4. The molecular weight excluding hydrogens is 254 g/mol. The van der Waals surface area contributed by atoms with Crippen LogP contribution in [0.1, 0.15) is 30.1 Å². The number of carbonyl (C=O) groups is 1. The molecule has 0 aliphatic carbocycles. The fourth-order valence-corrected chi connectivity index (χ4v) is 2.58. The summed E-state index contributed by atoms with van der Waals surface area (Å²) in [7, 11) is 1.73. The molecule has 0 aromatic heterocycles. The van der Waals surface area contributed by atoms with Crippen molar-refractivity contribution in [1.82, 2.24) is 4.90 Å². The average molecular weight is 277 g/mol. The van der Waals surface area contributed by atoms with E-state index < -0.39 is 0 Å². The molecule has 4 heteroatoms. The van der Waals surface area contributed by atoms with Crippen LogP contribution in [-0.2, 0) is 4.74 Å². The summed E-state index contributed by atoms with van der Waals surface area (Å²) in [6.07, 6.45) is 2.05. The van der Waals surface area contributed by atoms with Gasteiger partial charge in [0, 0.05) is 32.4 Å². The summed E-state index contributed by atoms with van der Waals surface area (Å²) in [6.45, 7) is 5.02. The third-order valence-corrected chi connectivity index (χ3v) is 3.72. The normalized spacial score (nSPS) is 16.2.